The molecule has 0 atom stereocenters. The number of nitrogens with zero attached hydrogens (tertiary/aromatic N) is 1. The predicted molar refractivity (Wildman–Crippen MR) is 75.9 cm³/mol. The van der Waals surface area contributed by atoms with Gasteiger partial charge in [0.15, 0.2) is 0 Å². The average Bonchev–Trinajstić information content (AvgIpc) is 2.38. The van der Waals surface area contributed by atoms with Crippen molar-refractivity contribution >= 4 is 17.4 Å². The van der Waals surface area contributed by atoms with Crippen LogP contribution in [0.2, 0.25) is 0 Å². The molecule has 0 fully saturated rings. The Balaban J connectivity index is 2.11. The first-order chi connectivity index (χ1) is 8.70. The molecule has 2 aromatic rings. The summed E-state index contributed by atoms with van der Waals surface area (Å²) >= 11 is 1.69. The molecule has 3 nitrogen and oxygen atoms in total. The SMILES string of the molecule is COc1ncccc1CSc1ccc(C)cc1N. The number of pyridine rings is 1. The van der Waals surface area contributed by atoms with Gasteiger partial charge in [-0.15, -0.1) is 11.8 Å². The van der Waals surface area contributed by atoms with Crippen LogP contribution in [0.5, 0.6) is 5.88 Å². The molecule has 2 rings (SSSR count). The van der Waals surface area contributed by atoms with Gasteiger partial charge in [0.05, 0.1) is 7.11 Å². The van der Waals surface area contributed by atoms with Gasteiger partial charge in [0.25, 0.3) is 0 Å². The lowest BCUT2D eigenvalue weighted by molar-refractivity contribution is 0.394. The number of ether oxygens (including phenoxy) is 1. The van der Waals surface area contributed by atoms with Gasteiger partial charge in [-0.2, -0.15) is 0 Å². The van der Waals surface area contributed by atoms with Gasteiger partial charge >= 0.3 is 0 Å². The van der Waals surface area contributed by atoms with E-state index in [0.717, 1.165) is 21.9 Å². The first-order valence-electron chi connectivity index (χ1n) is 5.67. The van der Waals surface area contributed by atoms with Crippen molar-refractivity contribution in [1.82, 2.24) is 4.98 Å². The summed E-state index contributed by atoms with van der Waals surface area (Å²) in [6.45, 7) is 2.04. The number of aromatic nitrogens is 1. The first-order valence-corrected chi connectivity index (χ1v) is 6.66. The topological polar surface area (TPSA) is 48.1 Å². The third-order valence-electron chi connectivity index (χ3n) is 2.59. The van der Waals surface area contributed by atoms with E-state index in [9.17, 15) is 0 Å². The second-order valence-corrected chi connectivity index (χ2v) is 5.02. The standard InChI is InChI=1S/C14H16N2OS/c1-10-5-6-13(12(15)8-10)18-9-11-4-3-7-16-14(11)17-2/h3-8H,9,15H2,1-2H3. The molecule has 0 radical (unpaired) electrons. The van der Waals surface area contributed by atoms with Crippen molar-refractivity contribution in [2.45, 2.75) is 17.6 Å². The lowest BCUT2D eigenvalue weighted by Crippen LogP contribution is -1.94. The maximum absolute atomic E-state index is 5.99. The summed E-state index contributed by atoms with van der Waals surface area (Å²) < 4.78 is 5.23. The number of methoxy groups -OCH3 is 1. The van der Waals surface area contributed by atoms with Crippen LogP contribution in [0.1, 0.15) is 11.1 Å². The van der Waals surface area contributed by atoms with Crippen molar-refractivity contribution in [1.29, 1.82) is 0 Å². The summed E-state index contributed by atoms with van der Waals surface area (Å²) in [7, 11) is 1.64. The van der Waals surface area contributed by atoms with Crippen molar-refractivity contribution in [2.24, 2.45) is 0 Å². The van der Waals surface area contributed by atoms with Crippen LogP contribution in [0, 0.1) is 6.92 Å². The highest BCUT2D eigenvalue weighted by Gasteiger charge is 2.06. The van der Waals surface area contributed by atoms with Gasteiger partial charge in [0.1, 0.15) is 0 Å². The maximum Gasteiger partial charge on any atom is 0.217 e. The van der Waals surface area contributed by atoms with Gasteiger partial charge in [0, 0.05) is 28.1 Å². The Morgan fingerprint density at radius 3 is 2.89 bits per heavy atom. The molecule has 0 aliphatic rings. The van der Waals surface area contributed by atoms with E-state index in [4.69, 9.17) is 10.5 Å². The van der Waals surface area contributed by atoms with Crippen LogP contribution in [0.15, 0.2) is 41.4 Å². The number of nitrogen functional groups attached to an aromatic ring is 1. The Morgan fingerprint density at radius 2 is 2.17 bits per heavy atom. The molecule has 1 aromatic heterocycles. The molecular weight excluding hydrogens is 244 g/mol. The fourth-order valence-corrected chi connectivity index (χ4v) is 2.59. The summed E-state index contributed by atoms with van der Waals surface area (Å²) in [6.07, 6.45) is 1.73. The molecule has 0 spiro atoms. The molecule has 0 amide bonds. The van der Waals surface area contributed by atoms with Crippen molar-refractivity contribution < 1.29 is 4.74 Å². The molecule has 0 aliphatic heterocycles. The largest absolute Gasteiger partial charge is 0.481 e. The maximum atomic E-state index is 5.99. The van der Waals surface area contributed by atoms with Crippen LogP contribution in [0.25, 0.3) is 0 Å². The Bertz CT molecular complexity index is 543. The van der Waals surface area contributed by atoms with Gasteiger partial charge in [-0.3, -0.25) is 0 Å². The van der Waals surface area contributed by atoms with Gasteiger partial charge in [-0.05, 0) is 30.7 Å². The number of benzene rings is 1. The van der Waals surface area contributed by atoms with E-state index in [1.807, 2.05) is 25.1 Å². The summed E-state index contributed by atoms with van der Waals surface area (Å²) in [6, 6.07) is 10.0. The van der Waals surface area contributed by atoms with Gasteiger partial charge in [-0.1, -0.05) is 12.1 Å². The number of hydrogen-bond acceptors (Lipinski definition) is 4. The van der Waals surface area contributed by atoms with Crippen LogP contribution in [0.3, 0.4) is 0 Å². The molecule has 1 heterocycles. The molecule has 0 unspecified atom stereocenters. The third kappa shape index (κ3) is 2.96. The van der Waals surface area contributed by atoms with Gasteiger partial charge < -0.3 is 10.5 Å². The van der Waals surface area contributed by atoms with Crippen molar-refractivity contribution in [3.05, 3.63) is 47.7 Å². The predicted octanol–water partition coefficient (Wildman–Crippen LogP) is 3.27. The number of aryl methyl sites for hydroxylation is 1. The fraction of sp³-hybridized carbons (Fsp3) is 0.214. The molecule has 94 valence electrons. The van der Waals surface area contributed by atoms with Crippen molar-refractivity contribution in [3.8, 4) is 5.88 Å². The Kier molecular flexibility index (Phi) is 4.10. The normalized spacial score (nSPS) is 10.3. The quantitative estimate of drug-likeness (QED) is 0.677. The number of hydrogen-bond donors (Lipinski definition) is 1. The number of anilines is 1. The molecule has 0 aliphatic carbocycles. The second kappa shape index (κ2) is 5.78. The van der Waals surface area contributed by atoms with Crippen molar-refractivity contribution in [3.63, 3.8) is 0 Å². The molecule has 0 bridgehead atoms. The fourth-order valence-electron chi connectivity index (χ4n) is 1.67. The summed E-state index contributed by atoms with van der Waals surface area (Å²) in [5.41, 5.74) is 9.06. The molecule has 2 N–H and O–H groups in total. The lowest BCUT2D eigenvalue weighted by Gasteiger charge is -2.08. The van der Waals surface area contributed by atoms with E-state index in [0.29, 0.717) is 5.88 Å². The van der Waals surface area contributed by atoms with Crippen LogP contribution >= 0.6 is 11.8 Å². The Labute approximate surface area is 111 Å². The molecule has 18 heavy (non-hydrogen) atoms. The minimum Gasteiger partial charge on any atom is -0.481 e. The minimum absolute atomic E-state index is 0.677. The molecule has 0 saturated heterocycles. The Hall–Kier alpha value is -1.68. The monoisotopic (exact) mass is 260 g/mol. The summed E-state index contributed by atoms with van der Waals surface area (Å²) in [4.78, 5) is 5.27. The zero-order valence-corrected chi connectivity index (χ0v) is 11.3. The van der Waals surface area contributed by atoms with Gasteiger partial charge in [-0.25, -0.2) is 4.98 Å². The average molecular weight is 260 g/mol. The summed E-state index contributed by atoms with van der Waals surface area (Å²) in [5.74, 6) is 1.47. The summed E-state index contributed by atoms with van der Waals surface area (Å²) in [5, 5.41) is 0. The van der Waals surface area contributed by atoms with Crippen LogP contribution in [-0.4, -0.2) is 12.1 Å². The first kappa shape index (κ1) is 12.8. The van der Waals surface area contributed by atoms with Gasteiger partial charge in [0.2, 0.25) is 5.88 Å². The highest BCUT2D eigenvalue weighted by molar-refractivity contribution is 7.98. The highest BCUT2D eigenvalue weighted by Crippen LogP contribution is 2.30. The van der Waals surface area contributed by atoms with E-state index in [-0.39, 0.29) is 0 Å². The zero-order valence-electron chi connectivity index (χ0n) is 10.5. The van der Waals surface area contributed by atoms with E-state index in [1.54, 1.807) is 25.1 Å². The van der Waals surface area contributed by atoms with Crippen LogP contribution in [0.4, 0.5) is 5.69 Å². The number of thioether (sulfide) groups is 1. The third-order valence-corrected chi connectivity index (χ3v) is 3.73. The number of nitrogens with two attached hydrogens (primary N) is 1. The molecule has 4 heteroatoms. The smallest absolute Gasteiger partial charge is 0.217 e. The minimum atomic E-state index is 0.677. The molecular formula is C14H16N2OS. The second-order valence-electron chi connectivity index (χ2n) is 4.00. The highest BCUT2D eigenvalue weighted by atomic mass is 32.2. The zero-order chi connectivity index (χ0) is 13.0. The van der Waals surface area contributed by atoms with Crippen LogP contribution < -0.4 is 10.5 Å². The molecule has 1 aromatic carbocycles. The number of rotatable bonds is 4. The van der Waals surface area contributed by atoms with E-state index >= 15 is 0 Å². The molecule has 0 saturated carbocycles. The van der Waals surface area contributed by atoms with Crippen molar-refractivity contribution in [2.75, 3.05) is 12.8 Å². The Morgan fingerprint density at radius 1 is 1.33 bits per heavy atom. The van der Waals surface area contributed by atoms with E-state index in [2.05, 4.69) is 17.1 Å². The van der Waals surface area contributed by atoms with Crippen LogP contribution in [-0.2, 0) is 5.75 Å². The lowest BCUT2D eigenvalue weighted by atomic mass is 10.2. The van der Waals surface area contributed by atoms with E-state index in [1.165, 1.54) is 5.56 Å². The van der Waals surface area contributed by atoms with E-state index < -0.39 is 0 Å².